The summed E-state index contributed by atoms with van der Waals surface area (Å²) in [4.78, 5) is 24.9. The highest BCUT2D eigenvalue weighted by Gasteiger charge is 2.42. The van der Waals surface area contributed by atoms with E-state index in [1.54, 1.807) is 5.32 Å². The largest absolute Gasteiger partial charge is 0.573 e. The van der Waals surface area contributed by atoms with Crippen molar-refractivity contribution in [3.8, 4) is 5.75 Å². The fourth-order valence-corrected chi connectivity index (χ4v) is 1.08. The lowest BCUT2D eigenvalue weighted by Gasteiger charge is -2.14. The number of nitrogens with one attached hydrogen (secondary N) is 2. The highest BCUT2D eigenvalue weighted by molar-refractivity contribution is 5.91. The summed E-state index contributed by atoms with van der Waals surface area (Å²) >= 11 is 0. The Balaban J connectivity index is 2.67. The van der Waals surface area contributed by atoms with E-state index in [1.807, 2.05) is 0 Å². The van der Waals surface area contributed by atoms with Crippen LogP contribution in [0.5, 0.6) is 5.75 Å². The summed E-state index contributed by atoms with van der Waals surface area (Å²) in [7, 11) is 0. The highest BCUT2D eigenvalue weighted by Crippen LogP contribution is 2.29. The molecule has 2 N–H and O–H groups in total. The number of amides is 2. The van der Waals surface area contributed by atoms with Crippen molar-refractivity contribution in [3.63, 3.8) is 0 Å². The van der Waals surface area contributed by atoms with Crippen molar-refractivity contribution in [2.45, 2.75) is 12.5 Å². The van der Waals surface area contributed by atoms with E-state index in [9.17, 15) is 35.9 Å². The SMILES string of the molecule is O=C(NOC(=O)C(F)(F)F)Nc1ccccc1OC(F)(F)F. The number of carbonyl (C=O) groups excluding carboxylic acids is 2. The van der Waals surface area contributed by atoms with E-state index < -0.39 is 36.0 Å². The first-order chi connectivity index (χ1) is 9.99. The summed E-state index contributed by atoms with van der Waals surface area (Å²) in [6.07, 6.45) is -10.4. The lowest BCUT2D eigenvalue weighted by atomic mass is 10.3. The van der Waals surface area contributed by atoms with Crippen molar-refractivity contribution in [2.24, 2.45) is 0 Å². The Morgan fingerprint density at radius 3 is 2.14 bits per heavy atom. The molecule has 1 aromatic carbocycles. The summed E-state index contributed by atoms with van der Waals surface area (Å²) in [5.74, 6) is -3.52. The lowest BCUT2D eigenvalue weighted by molar-refractivity contribution is -0.274. The molecule has 0 aromatic heterocycles. The molecule has 0 saturated carbocycles. The molecule has 6 nitrogen and oxygen atoms in total. The second-order valence-electron chi connectivity index (χ2n) is 3.49. The summed E-state index contributed by atoms with van der Waals surface area (Å²) < 4.78 is 75.2. The van der Waals surface area contributed by atoms with Crippen molar-refractivity contribution < 1.29 is 45.5 Å². The maximum atomic E-state index is 12.1. The van der Waals surface area contributed by atoms with Crippen LogP contribution < -0.4 is 15.5 Å². The second kappa shape index (κ2) is 6.41. The number of halogens is 6. The Hall–Kier alpha value is -2.66. The zero-order chi connectivity index (χ0) is 17.0. The van der Waals surface area contributed by atoms with Crippen LogP contribution >= 0.6 is 0 Å². The number of rotatable bonds is 2. The van der Waals surface area contributed by atoms with E-state index in [-0.39, 0.29) is 0 Å². The zero-order valence-electron chi connectivity index (χ0n) is 10.2. The van der Waals surface area contributed by atoms with Gasteiger partial charge < -0.3 is 14.9 Å². The third-order valence-electron chi connectivity index (χ3n) is 1.83. The minimum atomic E-state index is -5.34. The van der Waals surface area contributed by atoms with Crippen LogP contribution in [-0.2, 0) is 9.63 Å². The van der Waals surface area contributed by atoms with Gasteiger partial charge in [0.25, 0.3) is 0 Å². The van der Waals surface area contributed by atoms with E-state index in [2.05, 4.69) is 9.57 Å². The Morgan fingerprint density at radius 1 is 1.00 bits per heavy atom. The number of hydrogen-bond donors (Lipinski definition) is 2. The Labute approximate surface area is 117 Å². The molecule has 0 saturated heterocycles. The molecule has 0 unspecified atom stereocenters. The van der Waals surface area contributed by atoms with Crippen molar-refractivity contribution in [1.29, 1.82) is 0 Å². The molecule has 0 atom stereocenters. The standard InChI is InChI=1S/C10H6F6N2O4/c11-9(12,13)7(19)22-18-8(20)17-5-3-1-2-4-6(5)21-10(14,15)16/h1-4H,(H2,17,18,20). The van der Waals surface area contributed by atoms with E-state index in [4.69, 9.17) is 0 Å². The van der Waals surface area contributed by atoms with Crippen LogP contribution in [0.3, 0.4) is 0 Å². The number of benzene rings is 1. The first-order valence-electron chi connectivity index (χ1n) is 5.19. The second-order valence-corrected chi connectivity index (χ2v) is 3.49. The molecule has 0 fully saturated rings. The molecule has 122 valence electrons. The first kappa shape index (κ1) is 17.4. The molecular formula is C10H6F6N2O4. The topological polar surface area (TPSA) is 76.7 Å². The Morgan fingerprint density at radius 2 is 1.59 bits per heavy atom. The highest BCUT2D eigenvalue weighted by atomic mass is 19.4. The molecule has 0 spiro atoms. The van der Waals surface area contributed by atoms with E-state index >= 15 is 0 Å². The third-order valence-corrected chi connectivity index (χ3v) is 1.83. The number of hydrogen-bond acceptors (Lipinski definition) is 4. The van der Waals surface area contributed by atoms with Gasteiger partial charge in [-0.25, -0.2) is 9.59 Å². The van der Waals surface area contributed by atoms with Gasteiger partial charge in [-0.05, 0) is 12.1 Å². The van der Waals surface area contributed by atoms with Crippen molar-refractivity contribution >= 4 is 17.7 Å². The summed E-state index contributed by atoms with van der Waals surface area (Å²) in [5.41, 5.74) is 0.558. The fourth-order valence-electron chi connectivity index (χ4n) is 1.08. The zero-order valence-corrected chi connectivity index (χ0v) is 10.2. The number of urea groups is 1. The smallest absolute Gasteiger partial charge is 0.404 e. The fraction of sp³-hybridized carbons (Fsp3) is 0.200. The van der Waals surface area contributed by atoms with Crippen LogP contribution in [0.15, 0.2) is 24.3 Å². The van der Waals surface area contributed by atoms with Crippen molar-refractivity contribution in [3.05, 3.63) is 24.3 Å². The Kier molecular flexibility index (Phi) is 5.06. The van der Waals surface area contributed by atoms with Crippen molar-refractivity contribution in [2.75, 3.05) is 5.32 Å². The maximum absolute atomic E-state index is 12.1. The summed E-state index contributed by atoms with van der Waals surface area (Å²) in [6, 6.07) is 2.70. The molecule has 0 heterocycles. The summed E-state index contributed by atoms with van der Waals surface area (Å²) in [5, 5.41) is 1.72. The quantitative estimate of drug-likeness (QED) is 0.645. The lowest BCUT2D eigenvalue weighted by Crippen LogP contribution is -2.36. The number of hydroxylamine groups is 1. The first-order valence-corrected chi connectivity index (χ1v) is 5.19. The van der Waals surface area contributed by atoms with Crippen molar-refractivity contribution in [1.82, 2.24) is 5.48 Å². The van der Waals surface area contributed by atoms with Gasteiger partial charge in [0.1, 0.15) is 0 Å². The van der Waals surface area contributed by atoms with Gasteiger partial charge in [0.15, 0.2) is 5.75 Å². The van der Waals surface area contributed by atoms with E-state index in [0.29, 0.717) is 0 Å². The molecule has 0 aliphatic rings. The predicted molar refractivity (Wildman–Crippen MR) is 57.4 cm³/mol. The van der Waals surface area contributed by atoms with E-state index in [0.717, 1.165) is 23.7 Å². The number of carbonyl (C=O) groups is 2. The molecule has 0 aliphatic heterocycles. The maximum Gasteiger partial charge on any atom is 0.573 e. The summed E-state index contributed by atoms with van der Waals surface area (Å²) in [6.45, 7) is 0. The molecular weight excluding hydrogens is 326 g/mol. The van der Waals surface area contributed by atoms with Crippen LogP contribution in [0, 0.1) is 0 Å². The third kappa shape index (κ3) is 5.76. The Bertz CT molecular complexity index is 557. The molecule has 0 aliphatic carbocycles. The number of ether oxygens (including phenoxy) is 1. The predicted octanol–water partition coefficient (Wildman–Crippen LogP) is 2.73. The van der Waals surface area contributed by atoms with Gasteiger partial charge in [-0.1, -0.05) is 12.1 Å². The average Bonchev–Trinajstić information content (AvgIpc) is 2.35. The van der Waals surface area contributed by atoms with Gasteiger partial charge >= 0.3 is 24.5 Å². The van der Waals surface area contributed by atoms with Gasteiger partial charge in [-0.2, -0.15) is 18.7 Å². The molecule has 2 amide bonds. The van der Waals surface area contributed by atoms with Gasteiger partial charge in [0.05, 0.1) is 5.69 Å². The number of anilines is 1. The monoisotopic (exact) mass is 332 g/mol. The normalized spacial score (nSPS) is 11.5. The molecule has 1 rings (SSSR count). The van der Waals surface area contributed by atoms with Gasteiger partial charge in [0, 0.05) is 0 Å². The minimum absolute atomic E-state index is 0.514. The van der Waals surface area contributed by atoms with Crippen LogP contribution in [0.2, 0.25) is 0 Å². The number of alkyl halides is 6. The molecule has 0 radical (unpaired) electrons. The van der Waals surface area contributed by atoms with Gasteiger partial charge in [-0.15, -0.1) is 13.2 Å². The molecule has 12 heteroatoms. The van der Waals surface area contributed by atoms with Crippen LogP contribution in [0.25, 0.3) is 0 Å². The minimum Gasteiger partial charge on any atom is -0.404 e. The van der Waals surface area contributed by atoms with Crippen LogP contribution in [0.4, 0.5) is 36.8 Å². The van der Waals surface area contributed by atoms with Crippen LogP contribution in [0.1, 0.15) is 0 Å². The average molecular weight is 332 g/mol. The van der Waals surface area contributed by atoms with Crippen LogP contribution in [-0.4, -0.2) is 24.5 Å². The molecule has 1 aromatic rings. The number of para-hydroxylation sites is 2. The van der Waals surface area contributed by atoms with Gasteiger partial charge in [0.2, 0.25) is 0 Å². The molecule has 22 heavy (non-hydrogen) atoms. The van der Waals surface area contributed by atoms with Gasteiger partial charge in [-0.3, -0.25) is 0 Å². The van der Waals surface area contributed by atoms with E-state index in [1.165, 1.54) is 6.07 Å². The molecule has 0 bridgehead atoms.